The van der Waals surface area contributed by atoms with Crippen LogP contribution in [0.4, 0.5) is 0 Å². The van der Waals surface area contributed by atoms with Gasteiger partial charge >= 0.3 is 0 Å². The number of benzene rings is 3. The van der Waals surface area contributed by atoms with Crippen molar-refractivity contribution >= 4 is 30.0 Å². The third kappa shape index (κ3) is 4.88. The molecule has 0 bridgehead atoms. The highest BCUT2D eigenvalue weighted by Crippen LogP contribution is 2.31. The van der Waals surface area contributed by atoms with Gasteiger partial charge in [-0.05, 0) is 52.3 Å². The molecule has 0 N–H and O–H groups in total. The highest BCUT2D eigenvalue weighted by atomic mass is 31.1. The van der Waals surface area contributed by atoms with Crippen LogP contribution in [0.1, 0.15) is 16.7 Å². The van der Waals surface area contributed by atoms with Gasteiger partial charge in [-0.3, -0.25) is 4.98 Å². The monoisotopic (exact) mass is 393 g/mol. The van der Waals surface area contributed by atoms with Crippen molar-refractivity contribution in [3.63, 3.8) is 0 Å². The Morgan fingerprint density at radius 1 is 0.690 bits per heavy atom. The van der Waals surface area contributed by atoms with E-state index in [0.717, 1.165) is 23.8 Å². The Kier molecular flexibility index (Phi) is 6.29. The third-order valence-corrected chi connectivity index (χ3v) is 7.32. The first-order valence-electron chi connectivity index (χ1n) is 9.90. The zero-order chi connectivity index (χ0) is 19.9. The maximum Gasteiger partial charge on any atom is 0.0723 e. The van der Waals surface area contributed by atoms with Gasteiger partial charge in [-0.15, -0.1) is 0 Å². The molecule has 0 aliphatic heterocycles. The molecule has 0 spiro atoms. The molecule has 29 heavy (non-hydrogen) atoms. The normalized spacial score (nSPS) is 10.8. The molecule has 0 saturated carbocycles. The SMILES string of the molecule is C=Cc1ccc(CCc2ccnc(P(c3ccccc3)c3ccccc3)c2)cc1. The number of nitrogens with zero attached hydrogens (tertiary/aromatic N) is 1. The Morgan fingerprint density at radius 3 is 1.86 bits per heavy atom. The van der Waals surface area contributed by atoms with E-state index >= 15 is 0 Å². The molecule has 0 aliphatic rings. The van der Waals surface area contributed by atoms with Gasteiger partial charge in [-0.1, -0.05) is 97.6 Å². The van der Waals surface area contributed by atoms with Gasteiger partial charge in [0, 0.05) is 14.1 Å². The van der Waals surface area contributed by atoms with Gasteiger partial charge in [-0.2, -0.15) is 0 Å². The Morgan fingerprint density at radius 2 is 1.28 bits per heavy atom. The molecular formula is C27H24NP. The summed E-state index contributed by atoms with van der Waals surface area (Å²) in [6.07, 6.45) is 5.88. The van der Waals surface area contributed by atoms with Crippen LogP contribution in [0.5, 0.6) is 0 Å². The van der Waals surface area contributed by atoms with Crippen LogP contribution in [-0.4, -0.2) is 4.98 Å². The second kappa shape index (κ2) is 9.45. The van der Waals surface area contributed by atoms with Crippen LogP contribution in [0.2, 0.25) is 0 Å². The molecule has 0 unspecified atom stereocenters. The number of aryl methyl sites for hydroxylation is 2. The molecule has 4 aromatic rings. The fourth-order valence-corrected chi connectivity index (χ4v) is 5.66. The van der Waals surface area contributed by atoms with Crippen molar-refractivity contribution in [1.29, 1.82) is 0 Å². The summed E-state index contributed by atoms with van der Waals surface area (Å²) in [7, 11) is -0.656. The van der Waals surface area contributed by atoms with E-state index in [-0.39, 0.29) is 0 Å². The zero-order valence-corrected chi connectivity index (χ0v) is 17.3. The lowest BCUT2D eigenvalue weighted by atomic mass is 10.0. The summed E-state index contributed by atoms with van der Waals surface area (Å²) in [6.45, 7) is 3.83. The summed E-state index contributed by atoms with van der Waals surface area (Å²) < 4.78 is 0. The molecule has 0 amide bonds. The molecule has 3 aromatic carbocycles. The Balaban J connectivity index is 1.60. The summed E-state index contributed by atoms with van der Waals surface area (Å²) in [6, 6.07) is 34.6. The van der Waals surface area contributed by atoms with E-state index in [1.165, 1.54) is 21.7 Å². The smallest absolute Gasteiger partial charge is 0.0723 e. The number of hydrogen-bond donors (Lipinski definition) is 0. The summed E-state index contributed by atoms with van der Waals surface area (Å²) in [5, 5.41) is 2.66. The maximum atomic E-state index is 4.79. The predicted molar refractivity (Wildman–Crippen MR) is 127 cm³/mol. The minimum atomic E-state index is -0.656. The summed E-state index contributed by atoms with van der Waals surface area (Å²) in [5.41, 5.74) is 5.01. The van der Waals surface area contributed by atoms with E-state index < -0.39 is 7.92 Å². The quantitative estimate of drug-likeness (QED) is 0.390. The van der Waals surface area contributed by atoms with Crippen molar-refractivity contribution in [3.05, 3.63) is 127 Å². The lowest BCUT2D eigenvalue weighted by Gasteiger charge is -2.18. The molecule has 0 radical (unpaired) electrons. The van der Waals surface area contributed by atoms with Crippen LogP contribution in [-0.2, 0) is 12.8 Å². The molecule has 0 fully saturated rings. The Bertz CT molecular complexity index is 1020. The molecule has 142 valence electrons. The average Bonchev–Trinajstić information content (AvgIpc) is 2.80. The molecule has 1 aromatic heterocycles. The summed E-state index contributed by atoms with van der Waals surface area (Å²) in [5.74, 6) is 0. The van der Waals surface area contributed by atoms with Crippen molar-refractivity contribution in [2.45, 2.75) is 12.8 Å². The molecule has 4 rings (SSSR count). The Labute approximate surface area is 174 Å². The molecule has 1 heterocycles. The average molecular weight is 393 g/mol. The van der Waals surface area contributed by atoms with Crippen LogP contribution >= 0.6 is 7.92 Å². The first-order chi connectivity index (χ1) is 14.3. The minimum absolute atomic E-state index is 0.656. The molecule has 1 nitrogen and oxygen atoms in total. The Hall–Kier alpha value is -3.02. The van der Waals surface area contributed by atoms with Gasteiger partial charge in [0.15, 0.2) is 0 Å². The highest BCUT2D eigenvalue weighted by molar-refractivity contribution is 7.79. The number of pyridine rings is 1. The fourth-order valence-electron chi connectivity index (χ4n) is 3.42. The standard InChI is InChI=1S/C27H24NP/c1-2-22-13-15-23(16-14-22)17-18-24-19-20-28-27(21-24)29(25-9-5-3-6-10-25)26-11-7-4-8-12-26/h2-16,19-21H,1,17-18H2. The van der Waals surface area contributed by atoms with Crippen LogP contribution in [0.25, 0.3) is 6.08 Å². The van der Waals surface area contributed by atoms with Crippen LogP contribution in [0.3, 0.4) is 0 Å². The lowest BCUT2D eigenvalue weighted by molar-refractivity contribution is 0.958. The first-order valence-corrected chi connectivity index (χ1v) is 11.2. The van der Waals surface area contributed by atoms with Gasteiger partial charge in [-0.25, -0.2) is 0 Å². The van der Waals surface area contributed by atoms with E-state index in [1.807, 2.05) is 12.3 Å². The minimum Gasteiger partial charge on any atom is -0.256 e. The van der Waals surface area contributed by atoms with E-state index in [4.69, 9.17) is 4.98 Å². The second-order valence-corrected chi connectivity index (χ2v) is 9.14. The van der Waals surface area contributed by atoms with Gasteiger partial charge in [0.25, 0.3) is 0 Å². The topological polar surface area (TPSA) is 12.9 Å². The number of rotatable bonds is 7. The second-order valence-electron chi connectivity index (χ2n) is 6.97. The maximum absolute atomic E-state index is 4.79. The van der Waals surface area contributed by atoms with Crippen LogP contribution in [0, 0.1) is 0 Å². The number of aromatic nitrogens is 1. The van der Waals surface area contributed by atoms with E-state index in [1.54, 1.807) is 0 Å². The van der Waals surface area contributed by atoms with Crippen LogP contribution in [0.15, 0.2) is 110 Å². The first kappa shape index (κ1) is 19.3. The van der Waals surface area contributed by atoms with E-state index in [9.17, 15) is 0 Å². The predicted octanol–water partition coefficient (Wildman–Crippen LogP) is 5.27. The zero-order valence-electron chi connectivity index (χ0n) is 16.4. The molecule has 0 aliphatic carbocycles. The third-order valence-electron chi connectivity index (χ3n) is 4.99. The lowest BCUT2D eigenvalue weighted by Crippen LogP contribution is -2.23. The van der Waals surface area contributed by atoms with Crippen molar-refractivity contribution in [2.24, 2.45) is 0 Å². The van der Waals surface area contributed by atoms with Crippen molar-refractivity contribution in [3.8, 4) is 0 Å². The number of hydrogen-bond acceptors (Lipinski definition) is 1. The summed E-state index contributed by atoms with van der Waals surface area (Å²) in [4.78, 5) is 4.79. The fraction of sp³-hybridized carbons (Fsp3) is 0.0741. The molecule has 2 heteroatoms. The van der Waals surface area contributed by atoms with Crippen molar-refractivity contribution in [2.75, 3.05) is 0 Å². The highest BCUT2D eigenvalue weighted by Gasteiger charge is 2.17. The molecule has 0 saturated heterocycles. The van der Waals surface area contributed by atoms with Gasteiger partial charge in [0.2, 0.25) is 0 Å². The summed E-state index contributed by atoms with van der Waals surface area (Å²) >= 11 is 0. The van der Waals surface area contributed by atoms with E-state index in [2.05, 4.69) is 104 Å². The molecular weight excluding hydrogens is 369 g/mol. The van der Waals surface area contributed by atoms with Gasteiger partial charge in [0.05, 0.1) is 5.44 Å². The molecule has 0 atom stereocenters. The van der Waals surface area contributed by atoms with E-state index in [0.29, 0.717) is 0 Å². The van der Waals surface area contributed by atoms with Crippen molar-refractivity contribution in [1.82, 2.24) is 4.98 Å². The van der Waals surface area contributed by atoms with Gasteiger partial charge in [0.1, 0.15) is 0 Å². The largest absolute Gasteiger partial charge is 0.256 e. The van der Waals surface area contributed by atoms with Gasteiger partial charge < -0.3 is 0 Å². The van der Waals surface area contributed by atoms with Crippen LogP contribution < -0.4 is 16.0 Å². The van der Waals surface area contributed by atoms with Crippen molar-refractivity contribution < 1.29 is 0 Å².